The summed E-state index contributed by atoms with van der Waals surface area (Å²) >= 11 is 0. The molecule has 0 aromatic heterocycles. The first-order valence-electron chi connectivity index (χ1n) is 8.07. The van der Waals surface area contributed by atoms with Crippen LogP contribution in [-0.4, -0.2) is 30.9 Å². The van der Waals surface area contributed by atoms with Gasteiger partial charge in [0, 0.05) is 25.2 Å². The molecule has 1 atom stereocenters. The van der Waals surface area contributed by atoms with E-state index in [4.69, 9.17) is 4.74 Å². The lowest BCUT2D eigenvalue weighted by Crippen LogP contribution is -2.41. The number of anilines is 1. The van der Waals surface area contributed by atoms with E-state index in [1.165, 1.54) is 26.1 Å². The van der Waals surface area contributed by atoms with Gasteiger partial charge in [-0.2, -0.15) is 0 Å². The van der Waals surface area contributed by atoms with Crippen LogP contribution in [-0.2, 0) is 14.3 Å². The number of rotatable bonds is 5. The molecule has 8 heteroatoms. The standard InChI is InChI=1S/C19H19N3O5/c1-12(23)21-15-10-6-9-14(11-15)18(25)27-16(13-7-4-3-5-8-13)17(24)22-19(26)20-2/h3-11,16H,1-2H3,(H,21,23)(H2,20,22,24,26)/t16-/m1/s1. The maximum atomic E-state index is 12.5. The molecule has 27 heavy (non-hydrogen) atoms. The minimum absolute atomic E-state index is 0.148. The molecule has 0 saturated carbocycles. The van der Waals surface area contributed by atoms with Gasteiger partial charge in [-0.15, -0.1) is 0 Å². The van der Waals surface area contributed by atoms with Crippen LogP contribution in [0.25, 0.3) is 0 Å². The Kier molecular flexibility index (Phi) is 6.65. The maximum Gasteiger partial charge on any atom is 0.339 e. The number of imide groups is 1. The minimum atomic E-state index is -1.32. The smallest absolute Gasteiger partial charge is 0.339 e. The molecule has 8 nitrogen and oxygen atoms in total. The molecular weight excluding hydrogens is 350 g/mol. The molecule has 0 fully saturated rings. The third-order valence-electron chi connectivity index (χ3n) is 3.45. The molecule has 2 aromatic rings. The maximum absolute atomic E-state index is 12.5. The highest BCUT2D eigenvalue weighted by molar-refractivity contribution is 5.99. The largest absolute Gasteiger partial charge is 0.444 e. The highest BCUT2D eigenvalue weighted by Gasteiger charge is 2.27. The first kappa shape index (κ1) is 19.6. The number of carbonyl (C=O) groups is 4. The summed E-state index contributed by atoms with van der Waals surface area (Å²) in [5.74, 6) is -1.84. The number of carbonyl (C=O) groups excluding carboxylic acids is 4. The number of esters is 1. The van der Waals surface area contributed by atoms with E-state index in [-0.39, 0.29) is 11.5 Å². The highest BCUT2D eigenvalue weighted by Crippen LogP contribution is 2.21. The fourth-order valence-corrected chi connectivity index (χ4v) is 2.24. The van der Waals surface area contributed by atoms with Crippen LogP contribution >= 0.6 is 0 Å². The molecule has 2 rings (SSSR count). The number of hydrogen-bond donors (Lipinski definition) is 3. The van der Waals surface area contributed by atoms with Crippen molar-refractivity contribution in [3.63, 3.8) is 0 Å². The number of urea groups is 1. The Labute approximate surface area is 155 Å². The summed E-state index contributed by atoms with van der Waals surface area (Å²) in [6.45, 7) is 1.35. The molecule has 0 radical (unpaired) electrons. The predicted molar refractivity (Wildman–Crippen MR) is 97.9 cm³/mol. The van der Waals surface area contributed by atoms with Crippen molar-refractivity contribution in [1.29, 1.82) is 0 Å². The van der Waals surface area contributed by atoms with Crippen LogP contribution < -0.4 is 16.0 Å². The van der Waals surface area contributed by atoms with E-state index >= 15 is 0 Å². The number of amides is 4. The van der Waals surface area contributed by atoms with E-state index < -0.39 is 24.0 Å². The van der Waals surface area contributed by atoms with Crippen LogP contribution in [0.15, 0.2) is 54.6 Å². The van der Waals surface area contributed by atoms with Crippen LogP contribution in [0.3, 0.4) is 0 Å². The number of benzene rings is 2. The monoisotopic (exact) mass is 369 g/mol. The van der Waals surface area contributed by atoms with Gasteiger partial charge in [-0.05, 0) is 18.2 Å². The fourth-order valence-electron chi connectivity index (χ4n) is 2.24. The zero-order chi connectivity index (χ0) is 19.8. The first-order chi connectivity index (χ1) is 12.9. The zero-order valence-electron chi connectivity index (χ0n) is 14.8. The van der Waals surface area contributed by atoms with Gasteiger partial charge in [0.1, 0.15) is 0 Å². The lowest BCUT2D eigenvalue weighted by molar-refractivity contribution is -0.129. The van der Waals surface area contributed by atoms with Gasteiger partial charge in [0.2, 0.25) is 12.0 Å². The molecule has 3 N–H and O–H groups in total. The summed E-state index contributed by atoms with van der Waals surface area (Å²) in [5.41, 5.74) is 0.975. The van der Waals surface area contributed by atoms with Crippen molar-refractivity contribution in [2.45, 2.75) is 13.0 Å². The lowest BCUT2D eigenvalue weighted by atomic mass is 10.1. The van der Waals surface area contributed by atoms with Gasteiger partial charge in [0.25, 0.3) is 5.91 Å². The lowest BCUT2D eigenvalue weighted by Gasteiger charge is -2.17. The summed E-state index contributed by atoms with van der Waals surface area (Å²) in [6.07, 6.45) is -1.32. The van der Waals surface area contributed by atoms with Crippen molar-refractivity contribution >= 4 is 29.5 Å². The molecule has 2 aromatic carbocycles. The molecular formula is C19H19N3O5. The second-order valence-corrected chi connectivity index (χ2v) is 5.53. The third kappa shape index (κ3) is 5.67. The van der Waals surface area contributed by atoms with Crippen LogP contribution in [0.2, 0.25) is 0 Å². The molecule has 140 valence electrons. The Morgan fingerprint density at radius 2 is 1.67 bits per heavy atom. The SMILES string of the molecule is CNC(=O)NC(=O)[C@H](OC(=O)c1cccc(NC(C)=O)c1)c1ccccc1. The third-order valence-corrected chi connectivity index (χ3v) is 3.45. The summed E-state index contributed by atoms with van der Waals surface area (Å²) in [5, 5.41) is 6.92. The summed E-state index contributed by atoms with van der Waals surface area (Å²) in [4.78, 5) is 47.5. The van der Waals surface area contributed by atoms with E-state index in [1.807, 2.05) is 0 Å². The number of nitrogens with one attached hydrogen (secondary N) is 3. The van der Waals surface area contributed by atoms with Gasteiger partial charge in [0.05, 0.1) is 5.56 Å². The summed E-state index contributed by atoms with van der Waals surface area (Å²) in [6, 6.07) is 13.7. The Hall–Kier alpha value is -3.68. The van der Waals surface area contributed by atoms with Crippen LogP contribution in [0.4, 0.5) is 10.5 Å². The molecule has 0 aliphatic heterocycles. The van der Waals surface area contributed by atoms with Gasteiger partial charge in [-0.25, -0.2) is 9.59 Å². The van der Waals surface area contributed by atoms with Gasteiger partial charge in [-0.1, -0.05) is 36.4 Å². The van der Waals surface area contributed by atoms with Gasteiger partial charge >= 0.3 is 12.0 Å². The normalized spacial score (nSPS) is 11.0. The molecule has 0 spiro atoms. The molecule has 4 amide bonds. The topological polar surface area (TPSA) is 114 Å². The molecule has 0 heterocycles. The highest BCUT2D eigenvalue weighted by atomic mass is 16.5. The molecule has 0 aliphatic rings. The van der Waals surface area contributed by atoms with E-state index in [0.717, 1.165) is 0 Å². The molecule has 0 saturated heterocycles. The quantitative estimate of drug-likeness (QED) is 0.698. The summed E-state index contributed by atoms with van der Waals surface area (Å²) < 4.78 is 5.35. The van der Waals surface area contributed by atoms with E-state index in [0.29, 0.717) is 11.3 Å². The van der Waals surface area contributed by atoms with Crippen molar-refractivity contribution in [2.24, 2.45) is 0 Å². The predicted octanol–water partition coefficient (Wildman–Crippen LogP) is 2.00. The van der Waals surface area contributed by atoms with Crippen LogP contribution in [0.1, 0.15) is 28.9 Å². The van der Waals surface area contributed by atoms with E-state index in [1.54, 1.807) is 42.5 Å². The van der Waals surface area contributed by atoms with E-state index in [9.17, 15) is 19.2 Å². The van der Waals surface area contributed by atoms with Crippen molar-refractivity contribution in [3.8, 4) is 0 Å². The molecule has 0 bridgehead atoms. The fraction of sp³-hybridized carbons (Fsp3) is 0.158. The van der Waals surface area contributed by atoms with Gasteiger partial charge < -0.3 is 15.4 Å². The second-order valence-electron chi connectivity index (χ2n) is 5.53. The summed E-state index contributed by atoms with van der Waals surface area (Å²) in [7, 11) is 1.36. The second kappa shape index (κ2) is 9.14. The van der Waals surface area contributed by atoms with Crippen molar-refractivity contribution in [1.82, 2.24) is 10.6 Å². The molecule has 0 aliphatic carbocycles. The van der Waals surface area contributed by atoms with Gasteiger partial charge in [-0.3, -0.25) is 14.9 Å². The van der Waals surface area contributed by atoms with Gasteiger partial charge in [0.15, 0.2) is 0 Å². The Balaban J connectivity index is 2.24. The molecule has 0 unspecified atom stereocenters. The van der Waals surface area contributed by atoms with E-state index in [2.05, 4.69) is 16.0 Å². The van der Waals surface area contributed by atoms with Crippen molar-refractivity contribution < 1.29 is 23.9 Å². The Morgan fingerprint density at radius 1 is 0.963 bits per heavy atom. The van der Waals surface area contributed by atoms with Crippen LogP contribution in [0.5, 0.6) is 0 Å². The Morgan fingerprint density at radius 3 is 2.30 bits per heavy atom. The van der Waals surface area contributed by atoms with Crippen LogP contribution in [0, 0.1) is 0 Å². The average molecular weight is 369 g/mol. The first-order valence-corrected chi connectivity index (χ1v) is 8.07. The minimum Gasteiger partial charge on any atom is -0.444 e. The number of ether oxygens (including phenoxy) is 1. The van der Waals surface area contributed by atoms with Crippen molar-refractivity contribution in [2.75, 3.05) is 12.4 Å². The Bertz CT molecular complexity index is 851. The average Bonchev–Trinajstić information content (AvgIpc) is 2.66. The number of hydrogen-bond acceptors (Lipinski definition) is 5. The zero-order valence-corrected chi connectivity index (χ0v) is 14.8. The van der Waals surface area contributed by atoms with Crippen molar-refractivity contribution in [3.05, 3.63) is 65.7 Å².